The molecule has 1 saturated heterocycles. The summed E-state index contributed by atoms with van der Waals surface area (Å²) in [6.45, 7) is 2.10. The average molecular weight is 379 g/mol. The van der Waals surface area contributed by atoms with Crippen molar-refractivity contribution < 1.29 is 19.3 Å². The monoisotopic (exact) mass is 379 g/mol. The summed E-state index contributed by atoms with van der Waals surface area (Å²) >= 11 is 0. The van der Waals surface area contributed by atoms with Crippen molar-refractivity contribution in [2.24, 2.45) is 0 Å². The number of hydrogen-bond donors (Lipinski definition) is 1. The molecule has 2 aliphatic heterocycles. The molecule has 1 unspecified atom stereocenters. The van der Waals surface area contributed by atoms with E-state index in [1.165, 1.54) is 24.0 Å². The van der Waals surface area contributed by atoms with Crippen LogP contribution in [0.3, 0.4) is 0 Å². The van der Waals surface area contributed by atoms with Crippen molar-refractivity contribution in [3.63, 3.8) is 0 Å². The molecule has 28 heavy (non-hydrogen) atoms. The Hall–Kier alpha value is -2.66. The zero-order valence-electron chi connectivity index (χ0n) is 16.5. The summed E-state index contributed by atoms with van der Waals surface area (Å²) in [5.41, 5.74) is 2.73. The van der Waals surface area contributed by atoms with Crippen LogP contribution in [0, 0.1) is 0 Å². The van der Waals surface area contributed by atoms with E-state index in [2.05, 4.69) is 11.0 Å². The van der Waals surface area contributed by atoms with Gasteiger partial charge >= 0.3 is 0 Å². The number of aromatic hydroxyl groups is 1. The van der Waals surface area contributed by atoms with E-state index in [4.69, 9.17) is 14.2 Å². The SMILES string of the molecule is COc1cc2c3c(c4ccc(O)c(OC)c4c2cc1OC)CN1CCCC1C3. The van der Waals surface area contributed by atoms with Gasteiger partial charge in [0.25, 0.3) is 0 Å². The molecule has 2 heterocycles. The predicted molar refractivity (Wildman–Crippen MR) is 110 cm³/mol. The van der Waals surface area contributed by atoms with Gasteiger partial charge in [-0.05, 0) is 71.3 Å². The van der Waals surface area contributed by atoms with E-state index in [1.807, 2.05) is 12.1 Å². The van der Waals surface area contributed by atoms with Crippen LogP contribution in [0.15, 0.2) is 24.3 Å². The molecule has 2 aliphatic rings. The van der Waals surface area contributed by atoms with Gasteiger partial charge in [0.1, 0.15) is 0 Å². The van der Waals surface area contributed by atoms with Gasteiger partial charge < -0.3 is 19.3 Å². The zero-order valence-corrected chi connectivity index (χ0v) is 16.5. The van der Waals surface area contributed by atoms with Gasteiger partial charge in [0.05, 0.1) is 21.3 Å². The third-order valence-electron chi connectivity index (χ3n) is 6.45. The lowest BCUT2D eigenvalue weighted by atomic mass is 9.85. The Labute approximate surface area is 164 Å². The highest BCUT2D eigenvalue weighted by molar-refractivity contribution is 6.15. The van der Waals surface area contributed by atoms with Crippen LogP contribution in [0.1, 0.15) is 24.0 Å². The first-order valence-corrected chi connectivity index (χ1v) is 9.79. The van der Waals surface area contributed by atoms with Crippen LogP contribution in [0.2, 0.25) is 0 Å². The van der Waals surface area contributed by atoms with E-state index in [0.717, 1.165) is 46.8 Å². The van der Waals surface area contributed by atoms with Gasteiger partial charge in [-0.1, -0.05) is 6.07 Å². The lowest BCUT2D eigenvalue weighted by Gasteiger charge is -2.33. The van der Waals surface area contributed by atoms with Crippen molar-refractivity contribution in [3.05, 3.63) is 35.4 Å². The minimum Gasteiger partial charge on any atom is -0.504 e. The molecule has 0 saturated carbocycles. The molecule has 0 spiro atoms. The summed E-state index contributed by atoms with van der Waals surface area (Å²) in [7, 11) is 4.93. The Morgan fingerprint density at radius 3 is 2.39 bits per heavy atom. The zero-order chi connectivity index (χ0) is 19.4. The van der Waals surface area contributed by atoms with Crippen molar-refractivity contribution in [3.8, 4) is 23.0 Å². The second-order valence-corrected chi connectivity index (χ2v) is 7.72. The lowest BCUT2D eigenvalue weighted by Crippen LogP contribution is -2.35. The Morgan fingerprint density at radius 1 is 0.929 bits per heavy atom. The van der Waals surface area contributed by atoms with E-state index in [0.29, 0.717) is 17.5 Å². The molecule has 5 nitrogen and oxygen atoms in total. The quantitative estimate of drug-likeness (QED) is 0.690. The maximum absolute atomic E-state index is 10.5. The van der Waals surface area contributed by atoms with Gasteiger partial charge in [0.15, 0.2) is 23.0 Å². The highest BCUT2D eigenvalue weighted by Crippen LogP contribution is 2.47. The Balaban J connectivity index is 1.94. The molecule has 5 heteroatoms. The van der Waals surface area contributed by atoms with E-state index in [9.17, 15) is 5.11 Å². The summed E-state index contributed by atoms with van der Waals surface area (Å²) in [6.07, 6.45) is 3.56. The average Bonchev–Trinajstić information content (AvgIpc) is 3.18. The minimum atomic E-state index is 0.154. The predicted octanol–water partition coefficient (Wildman–Crippen LogP) is 4.24. The highest BCUT2D eigenvalue weighted by Gasteiger charge is 2.33. The van der Waals surface area contributed by atoms with E-state index < -0.39 is 0 Å². The van der Waals surface area contributed by atoms with Crippen molar-refractivity contribution in [2.45, 2.75) is 31.8 Å². The van der Waals surface area contributed by atoms with E-state index >= 15 is 0 Å². The molecule has 3 aromatic rings. The summed E-state index contributed by atoms with van der Waals surface area (Å²) in [5, 5.41) is 14.7. The van der Waals surface area contributed by atoms with Crippen LogP contribution >= 0.6 is 0 Å². The number of methoxy groups -OCH3 is 3. The largest absolute Gasteiger partial charge is 0.504 e. The van der Waals surface area contributed by atoms with Gasteiger partial charge in [0.2, 0.25) is 0 Å². The molecule has 0 bridgehead atoms. The van der Waals surface area contributed by atoms with Crippen molar-refractivity contribution >= 4 is 21.5 Å². The van der Waals surface area contributed by atoms with Crippen LogP contribution in [-0.2, 0) is 13.0 Å². The second kappa shape index (κ2) is 6.45. The van der Waals surface area contributed by atoms with E-state index in [-0.39, 0.29) is 5.75 Å². The number of rotatable bonds is 3. The molecule has 5 rings (SSSR count). The topological polar surface area (TPSA) is 51.2 Å². The second-order valence-electron chi connectivity index (χ2n) is 7.72. The first-order chi connectivity index (χ1) is 13.7. The maximum Gasteiger partial charge on any atom is 0.168 e. The van der Waals surface area contributed by atoms with Gasteiger partial charge in [-0.25, -0.2) is 0 Å². The molecule has 1 fully saturated rings. The lowest BCUT2D eigenvalue weighted by molar-refractivity contribution is 0.229. The standard InChI is InChI=1S/C23H25NO4/c1-26-20-10-16-15-9-13-5-4-8-24(13)12-18(15)14-6-7-19(25)23(28-3)22(14)17(16)11-21(20)27-2/h6-7,10-11,13,25H,4-5,8-9,12H2,1-3H3. The molecular formula is C23H25NO4. The van der Waals surface area contributed by atoms with Crippen molar-refractivity contribution in [1.29, 1.82) is 0 Å². The Kier molecular flexibility index (Phi) is 4.02. The highest BCUT2D eigenvalue weighted by atomic mass is 16.5. The van der Waals surface area contributed by atoms with Gasteiger partial charge in [-0.2, -0.15) is 0 Å². The van der Waals surface area contributed by atoms with Crippen LogP contribution in [-0.4, -0.2) is 43.9 Å². The number of benzene rings is 3. The normalized spacial score (nSPS) is 18.9. The number of hydrogen-bond acceptors (Lipinski definition) is 5. The number of phenols is 1. The van der Waals surface area contributed by atoms with Crippen LogP contribution < -0.4 is 14.2 Å². The first-order valence-electron chi connectivity index (χ1n) is 9.79. The first kappa shape index (κ1) is 17.4. The molecule has 0 radical (unpaired) electrons. The van der Waals surface area contributed by atoms with Gasteiger partial charge in [0, 0.05) is 18.0 Å². The number of nitrogens with zero attached hydrogens (tertiary/aromatic N) is 1. The molecule has 0 aliphatic carbocycles. The fourth-order valence-electron chi connectivity index (χ4n) is 5.14. The molecule has 0 aromatic heterocycles. The summed E-state index contributed by atoms with van der Waals surface area (Å²) < 4.78 is 16.8. The molecular weight excluding hydrogens is 354 g/mol. The molecule has 1 atom stereocenters. The van der Waals surface area contributed by atoms with E-state index in [1.54, 1.807) is 27.4 Å². The number of fused-ring (bicyclic) bond motifs is 7. The third kappa shape index (κ3) is 2.35. The fraction of sp³-hybridized carbons (Fsp3) is 0.391. The smallest absolute Gasteiger partial charge is 0.168 e. The van der Waals surface area contributed by atoms with Gasteiger partial charge in [-0.3, -0.25) is 4.90 Å². The molecule has 3 aromatic carbocycles. The summed E-state index contributed by atoms with van der Waals surface area (Å²) in [4.78, 5) is 2.59. The van der Waals surface area contributed by atoms with Crippen LogP contribution in [0.5, 0.6) is 23.0 Å². The van der Waals surface area contributed by atoms with Gasteiger partial charge in [-0.15, -0.1) is 0 Å². The van der Waals surface area contributed by atoms with Crippen LogP contribution in [0.4, 0.5) is 0 Å². The Morgan fingerprint density at radius 2 is 1.68 bits per heavy atom. The van der Waals surface area contributed by atoms with Crippen molar-refractivity contribution in [2.75, 3.05) is 27.9 Å². The number of ether oxygens (including phenoxy) is 3. The molecule has 146 valence electrons. The molecule has 1 N–H and O–H groups in total. The molecule has 0 amide bonds. The number of phenolic OH excluding ortho intramolecular Hbond substituents is 1. The Bertz CT molecular complexity index is 1090. The minimum absolute atomic E-state index is 0.154. The van der Waals surface area contributed by atoms with Crippen LogP contribution in [0.25, 0.3) is 21.5 Å². The summed E-state index contributed by atoms with van der Waals surface area (Å²) in [5.74, 6) is 2.08. The fourth-order valence-corrected chi connectivity index (χ4v) is 5.14. The van der Waals surface area contributed by atoms with Crippen molar-refractivity contribution in [1.82, 2.24) is 4.90 Å². The maximum atomic E-state index is 10.5. The summed E-state index contributed by atoms with van der Waals surface area (Å²) in [6, 6.07) is 8.48. The third-order valence-corrected chi connectivity index (χ3v) is 6.45.